The summed E-state index contributed by atoms with van der Waals surface area (Å²) in [5, 5.41) is 9.39. The van der Waals surface area contributed by atoms with E-state index in [9.17, 15) is 9.59 Å². The highest BCUT2D eigenvalue weighted by atomic mass is 35.5. The number of halogens is 2. The number of carbonyl (C=O) groups excluding carboxylic acids is 2. The Balaban J connectivity index is 2.08. The van der Waals surface area contributed by atoms with Crippen LogP contribution in [0.5, 0.6) is 0 Å². The highest BCUT2D eigenvalue weighted by molar-refractivity contribution is 7.17. The molecule has 8 heteroatoms. The number of hydrogen-bond acceptors (Lipinski definition) is 5. The monoisotopic (exact) mass is 396 g/mol. The number of nitrogens with zero attached hydrogens (tertiary/aromatic N) is 2. The van der Waals surface area contributed by atoms with Gasteiger partial charge in [0.25, 0.3) is 5.91 Å². The van der Waals surface area contributed by atoms with Gasteiger partial charge in [0, 0.05) is 17.3 Å². The van der Waals surface area contributed by atoms with Crippen molar-refractivity contribution in [2.24, 2.45) is 0 Å². The number of thiophene rings is 1. The van der Waals surface area contributed by atoms with Crippen LogP contribution in [0.15, 0.2) is 30.3 Å². The van der Waals surface area contributed by atoms with E-state index < -0.39 is 18.5 Å². The molecule has 0 fully saturated rings. The number of anilines is 1. The topological polar surface area (TPSA) is 70.4 Å². The van der Waals surface area contributed by atoms with Gasteiger partial charge >= 0.3 is 5.97 Å². The summed E-state index contributed by atoms with van der Waals surface area (Å²) in [4.78, 5) is 26.1. The fraction of sp³-hybridized carbons (Fsp3) is 0.235. The first-order chi connectivity index (χ1) is 11.9. The molecule has 0 saturated heterocycles. The predicted molar refractivity (Wildman–Crippen MR) is 98.4 cm³/mol. The van der Waals surface area contributed by atoms with Crippen LogP contribution in [0.2, 0.25) is 9.36 Å². The number of aryl methyl sites for hydroxylation is 1. The first-order valence-electron chi connectivity index (χ1n) is 7.28. The van der Waals surface area contributed by atoms with E-state index in [1.54, 1.807) is 24.3 Å². The highest BCUT2D eigenvalue weighted by Crippen LogP contribution is 2.24. The van der Waals surface area contributed by atoms with Crippen molar-refractivity contribution in [3.8, 4) is 6.07 Å². The molecule has 25 heavy (non-hydrogen) atoms. The standard InChI is InChI=1S/C17H14Cl2N2O3S/c1-11-9-12(3-4-13(11)18)21(8-2-7-20)16(22)10-24-17(23)14-5-6-15(19)25-14/h3-6,9H,2,8,10H2,1H3. The lowest BCUT2D eigenvalue weighted by molar-refractivity contribution is -0.121. The number of rotatable bonds is 6. The SMILES string of the molecule is Cc1cc(N(CCC#N)C(=O)COC(=O)c2ccc(Cl)s2)ccc1Cl. The van der Waals surface area contributed by atoms with Crippen molar-refractivity contribution in [1.29, 1.82) is 5.26 Å². The molecule has 1 heterocycles. The lowest BCUT2D eigenvalue weighted by atomic mass is 10.2. The van der Waals surface area contributed by atoms with Crippen LogP contribution in [0.4, 0.5) is 5.69 Å². The molecule has 130 valence electrons. The molecule has 1 amide bonds. The summed E-state index contributed by atoms with van der Waals surface area (Å²) in [6.45, 7) is 1.58. The van der Waals surface area contributed by atoms with Crippen LogP contribution < -0.4 is 4.90 Å². The van der Waals surface area contributed by atoms with Gasteiger partial charge in [-0.2, -0.15) is 5.26 Å². The quantitative estimate of drug-likeness (QED) is 0.675. The fourth-order valence-electron chi connectivity index (χ4n) is 2.06. The molecule has 0 bridgehead atoms. The van der Waals surface area contributed by atoms with E-state index >= 15 is 0 Å². The zero-order chi connectivity index (χ0) is 18.4. The van der Waals surface area contributed by atoms with E-state index in [0.717, 1.165) is 16.9 Å². The average molecular weight is 397 g/mol. The molecule has 2 aromatic rings. The summed E-state index contributed by atoms with van der Waals surface area (Å²) in [6, 6.07) is 10.2. The van der Waals surface area contributed by atoms with E-state index in [2.05, 4.69) is 0 Å². The Bertz CT molecular complexity index is 830. The normalized spacial score (nSPS) is 10.2. The second-order valence-corrected chi connectivity index (χ2v) is 7.19. The largest absolute Gasteiger partial charge is 0.451 e. The molecule has 2 rings (SSSR count). The minimum absolute atomic E-state index is 0.155. The van der Waals surface area contributed by atoms with E-state index in [-0.39, 0.29) is 13.0 Å². The number of ether oxygens (including phenoxy) is 1. The summed E-state index contributed by atoms with van der Waals surface area (Å²) >= 11 is 12.9. The van der Waals surface area contributed by atoms with Gasteiger partial charge in [0.05, 0.1) is 16.8 Å². The number of benzene rings is 1. The van der Waals surface area contributed by atoms with Crippen molar-refractivity contribution < 1.29 is 14.3 Å². The second kappa shape index (κ2) is 8.86. The number of amides is 1. The van der Waals surface area contributed by atoms with Gasteiger partial charge < -0.3 is 9.64 Å². The van der Waals surface area contributed by atoms with Crippen LogP contribution in [0.1, 0.15) is 21.7 Å². The molecule has 0 unspecified atom stereocenters. The lowest BCUT2D eigenvalue weighted by Crippen LogP contribution is -2.35. The van der Waals surface area contributed by atoms with Crippen molar-refractivity contribution in [2.75, 3.05) is 18.1 Å². The van der Waals surface area contributed by atoms with Gasteiger partial charge in [-0.05, 0) is 42.8 Å². The smallest absolute Gasteiger partial charge is 0.348 e. The number of hydrogen-bond donors (Lipinski definition) is 0. The maximum Gasteiger partial charge on any atom is 0.348 e. The molecule has 0 saturated carbocycles. The summed E-state index contributed by atoms with van der Waals surface area (Å²) in [5.41, 5.74) is 1.40. The summed E-state index contributed by atoms with van der Waals surface area (Å²) in [5.74, 6) is -1.04. The molecular weight excluding hydrogens is 383 g/mol. The van der Waals surface area contributed by atoms with Gasteiger partial charge in [-0.1, -0.05) is 23.2 Å². The minimum atomic E-state index is -0.613. The van der Waals surface area contributed by atoms with Crippen molar-refractivity contribution in [3.05, 3.63) is 50.1 Å². The third kappa shape index (κ3) is 5.20. The Morgan fingerprint density at radius 2 is 2.04 bits per heavy atom. The molecule has 5 nitrogen and oxygen atoms in total. The van der Waals surface area contributed by atoms with E-state index in [0.29, 0.717) is 19.9 Å². The van der Waals surface area contributed by atoms with Gasteiger partial charge in [-0.25, -0.2) is 4.79 Å². The van der Waals surface area contributed by atoms with E-state index in [1.165, 1.54) is 11.0 Å². The van der Waals surface area contributed by atoms with Crippen LogP contribution in [0, 0.1) is 18.3 Å². The first-order valence-corrected chi connectivity index (χ1v) is 8.85. The Morgan fingerprint density at radius 3 is 2.64 bits per heavy atom. The molecule has 1 aromatic carbocycles. The summed E-state index contributed by atoms with van der Waals surface area (Å²) < 4.78 is 5.52. The molecule has 0 N–H and O–H groups in total. The third-order valence-electron chi connectivity index (χ3n) is 3.30. The van der Waals surface area contributed by atoms with Crippen LogP contribution in [0.25, 0.3) is 0 Å². The van der Waals surface area contributed by atoms with Crippen LogP contribution in [-0.4, -0.2) is 25.0 Å². The summed E-state index contributed by atoms with van der Waals surface area (Å²) in [6.07, 6.45) is 0.155. The molecule has 0 aliphatic rings. The maximum absolute atomic E-state index is 12.5. The van der Waals surface area contributed by atoms with Crippen LogP contribution in [-0.2, 0) is 9.53 Å². The van der Waals surface area contributed by atoms with Gasteiger partial charge in [0.15, 0.2) is 6.61 Å². The van der Waals surface area contributed by atoms with Crippen molar-refractivity contribution >= 4 is 52.1 Å². The lowest BCUT2D eigenvalue weighted by Gasteiger charge is -2.22. The molecule has 1 aromatic heterocycles. The zero-order valence-electron chi connectivity index (χ0n) is 13.3. The van der Waals surface area contributed by atoms with Crippen molar-refractivity contribution in [2.45, 2.75) is 13.3 Å². The van der Waals surface area contributed by atoms with Gasteiger partial charge in [0.2, 0.25) is 0 Å². The van der Waals surface area contributed by atoms with Crippen LogP contribution >= 0.6 is 34.5 Å². The summed E-state index contributed by atoms with van der Waals surface area (Å²) in [7, 11) is 0. The second-order valence-electron chi connectivity index (χ2n) is 5.07. The Labute approximate surface area is 159 Å². The fourth-order valence-corrected chi connectivity index (χ4v) is 3.11. The molecule has 0 spiro atoms. The Kier molecular flexibility index (Phi) is 6.82. The van der Waals surface area contributed by atoms with E-state index in [4.69, 9.17) is 33.2 Å². The Hall–Kier alpha value is -2.07. The molecule has 0 radical (unpaired) electrons. The third-order valence-corrected chi connectivity index (χ3v) is 4.94. The van der Waals surface area contributed by atoms with Gasteiger partial charge in [-0.15, -0.1) is 11.3 Å². The van der Waals surface area contributed by atoms with Crippen LogP contribution in [0.3, 0.4) is 0 Å². The number of esters is 1. The number of nitriles is 1. The average Bonchev–Trinajstić information content (AvgIpc) is 3.02. The highest BCUT2D eigenvalue weighted by Gasteiger charge is 2.19. The van der Waals surface area contributed by atoms with Crippen molar-refractivity contribution in [3.63, 3.8) is 0 Å². The van der Waals surface area contributed by atoms with Crippen molar-refractivity contribution in [1.82, 2.24) is 0 Å². The number of carbonyl (C=O) groups is 2. The molecule has 0 atom stereocenters. The van der Waals surface area contributed by atoms with Gasteiger partial charge in [-0.3, -0.25) is 4.79 Å². The molecule has 0 aliphatic heterocycles. The maximum atomic E-state index is 12.5. The zero-order valence-corrected chi connectivity index (χ0v) is 15.6. The molecular formula is C17H14Cl2N2O3S. The predicted octanol–water partition coefficient (Wildman–Crippen LogP) is 4.47. The minimum Gasteiger partial charge on any atom is -0.451 e. The van der Waals surface area contributed by atoms with Gasteiger partial charge in [0.1, 0.15) is 4.88 Å². The molecule has 0 aliphatic carbocycles. The first kappa shape index (κ1) is 19.3. The Morgan fingerprint density at radius 1 is 1.28 bits per heavy atom. The van der Waals surface area contributed by atoms with E-state index in [1.807, 2.05) is 13.0 Å².